The van der Waals surface area contributed by atoms with Gasteiger partial charge in [0.1, 0.15) is 0 Å². The zero-order valence-electron chi connectivity index (χ0n) is 23.2. The highest BCUT2D eigenvalue weighted by Gasteiger charge is 2.54. The van der Waals surface area contributed by atoms with Crippen molar-refractivity contribution in [2.24, 2.45) is 7.05 Å². The van der Waals surface area contributed by atoms with Crippen molar-refractivity contribution in [2.45, 2.75) is 37.5 Å². The van der Waals surface area contributed by atoms with Crippen LogP contribution in [0, 0.1) is 0 Å². The van der Waals surface area contributed by atoms with Crippen LogP contribution in [0.2, 0.25) is 0 Å². The van der Waals surface area contributed by atoms with Crippen LogP contribution in [0.1, 0.15) is 44.8 Å². The molecule has 3 aromatic carbocycles. The van der Waals surface area contributed by atoms with E-state index in [1.54, 1.807) is 29.2 Å². The van der Waals surface area contributed by atoms with E-state index in [9.17, 15) is 27.9 Å². The van der Waals surface area contributed by atoms with Gasteiger partial charge in [0.05, 0.1) is 5.69 Å². The smallest absolute Gasteiger partial charge is 0.380 e. The fourth-order valence-corrected chi connectivity index (χ4v) is 5.17. The number of nitrogens with one attached hydrogen (secondary N) is 1. The highest BCUT2D eigenvalue weighted by atomic mass is 19.4. The molecule has 1 aliphatic rings. The number of ketones is 2. The van der Waals surface area contributed by atoms with E-state index in [2.05, 4.69) is 5.32 Å². The number of aryl methyl sites for hydroxylation is 1. The molecule has 1 aliphatic heterocycles. The second kappa shape index (κ2) is 11.9. The van der Waals surface area contributed by atoms with Crippen LogP contribution in [0.25, 0.3) is 0 Å². The number of hydrogen-bond acceptors (Lipinski definition) is 5. The molecule has 0 atom stereocenters. The van der Waals surface area contributed by atoms with E-state index in [1.807, 2.05) is 78.5 Å². The number of piperidine rings is 1. The first-order valence-corrected chi connectivity index (χ1v) is 13.8. The highest BCUT2D eigenvalue weighted by molar-refractivity contribution is 5.98. The first kappa shape index (κ1) is 29.1. The Hall–Kier alpha value is -4.37. The molecule has 6 nitrogen and oxygen atoms in total. The molecule has 0 bridgehead atoms. The van der Waals surface area contributed by atoms with Gasteiger partial charge in [0.25, 0.3) is 0 Å². The highest BCUT2D eigenvalue weighted by Crippen LogP contribution is 2.39. The molecule has 1 aromatic heterocycles. The fourth-order valence-electron chi connectivity index (χ4n) is 5.17. The number of nitrogens with zero attached hydrogens (tertiary/aromatic N) is 2. The lowest BCUT2D eigenvalue weighted by Crippen LogP contribution is -2.53. The minimum atomic E-state index is -4.64. The molecule has 0 spiro atoms. The van der Waals surface area contributed by atoms with Crippen molar-refractivity contribution in [2.75, 3.05) is 23.3 Å². The molecule has 4 aromatic rings. The Labute approximate surface area is 242 Å². The Morgan fingerprint density at radius 3 is 1.81 bits per heavy atom. The van der Waals surface area contributed by atoms with Crippen LogP contribution in [0.3, 0.4) is 0 Å². The standard InChI is InChI=1S/C33H32F3N3O3/c1-38-18-2-3-29(38)31(41)22-24-6-12-27(13-7-24)37-26-10-4-23(5-11-26)21-30(40)25-8-14-28(15-9-25)39-19-16-32(42,17-20-39)33(34,35)36/h2-15,18,37,42H,16-17,19-22H2,1H3. The average Bonchev–Trinajstić information content (AvgIpc) is 3.41. The van der Waals surface area contributed by atoms with E-state index >= 15 is 0 Å². The van der Waals surface area contributed by atoms with Crippen LogP contribution in [-0.4, -0.2) is 46.1 Å². The molecule has 1 saturated heterocycles. The molecule has 218 valence electrons. The monoisotopic (exact) mass is 575 g/mol. The third kappa shape index (κ3) is 6.57. The number of alkyl halides is 3. The van der Waals surface area contributed by atoms with Crippen molar-refractivity contribution in [3.63, 3.8) is 0 Å². The third-order valence-electron chi connectivity index (χ3n) is 7.83. The van der Waals surface area contributed by atoms with E-state index in [0.717, 1.165) is 28.2 Å². The number of carbonyl (C=O) groups is 2. The Morgan fingerprint density at radius 1 is 0.810 bits per heavy atom. The third-order valence-corrected chi connectivity index (χ3v) is 7.83. The summed E-state index contributed by atoms with van der Waals surface area (Å²) in [6.07, 6.45) is -3.02. The van der Waals surface area contributed by atoms with Crippen LogP contribution in [0.15, 0.2) is 91.1 Å². The van der Waals surface area contributed by atoms with Crippen molar-refractivity contribution >= 4 is 28.6 Å². The van der Waals surface area contributed by atoms with Gasteiger partial charge in [-0.1, -0.05) is 24.3 Å². The molecule has 0 radical (unpaired) electrons. The van der Waals surface area contributed by atoms with Gasteiger partial charge in [0.15, 0.2) is 17.2 Å². The zero-order valence-corrected chi connectivity index (χ0v) is 23.2. The zero-order chi connectivity index (χ0) is 29.9. The van der Waals surface area contributed by atoms with Crippen molar-refractivity contribution in [1.82, 2.24) is 4.57 Å². The summed E-state index contributed by atoms with van der Waals surface area (Å²) in [7, 11) is 1.85. The molecule has 0 saturated carbocycles. The molecule has 9 heteroatoms. The molecule has 1 fully saturated rings. The van der Waals surface area contributed by atoms with Gasteiger partial charge in [-0.2, -0.15) is 13.2 Å². The lowest BCUT2D eigenvalue weighted by molar-refractivity contribution is -0.266. The summed E-state index contributed by atoms with van der Waals surface area (Å²) in [6, 6.07) is 25.8. The topological polar surface area (TPSA) is 74.6 Å². The van der Waals surface area contributed by atoms with Crippen LogP contribution in [0.4, 0.5) is 30.2 Å². The second-order valence-corrected chi connectivity index (χ2v) is 10.8. The quantitative estimate of drug-likeness (QED) is 0.223. The van der Waals surface area contributed by atoms with Gasteiger partial charge in [-0.3, -0.25) is 9.59 Å². The van der Waals surface area contributed by atoms with Gasteiger partial charge in [0, 0.05) is 74.6 Å². The summed E-state index contributed by atoms with van der Waals surface area (Å²) in [4.78, 5) is 27.1. The van der Waals surface area contributed by atoms with Gasteiger partial charge >= 0.3 is 6.18 Å². The fraction of sp³-hybridized carbons (Fsp3) is 0.273. The molecule has 0 amide bonds. The maximum atomic E-state index is 13.1. The van der Waals surface area contributed by atoms with Crippen molar-refractivity contribution in [1.29, 1.82) is 0 Å². The number of halogens is 3. The van der Waals surface area contributed by atoms with E-state index in [1.165, 1.54) is 0 Å². The Morgan fingerprint density at radius 2 is 1.33 bits per heavy atom. The summed E-state index contributed by atoms with van der Waals surface area (Å²) in [6.45, 7) is 0.170. The molecule has 5 rings (SSSR count). The summed E-state index contributed by atoms with van der Waals surface area (Å²) in [5.41, 5.74) is 2.81. The van der Waals surface area contributed by atoms with E-state index in [-0.39, 0.29) is 43.9 Å². The predicted octanol–water partition coefficient (Wildman–Crippen LogP) is 6.51. The first-order valence-electron chi connectivity index (χ1n) is 13.8. The molecule has 0 aliphatic carbocycles. The van der Waals surface area contributed by atoms with Gasteiger partial charge in [-0.25, -0.2) is 0 Å². The lowest BCUT2D eigenvalue weighted by atomic mass is 9.90. The Bertz CT molecular complexity index is 1530. The van der Waals surface area contributed by atoms with E-state index in [4.69, 9.17) is 0 Å². The number of aromatic nitrogens is 1. The van der Waals surface area contributed by atoms with Crippen LogP contribution < -0.4 is 10.2 Å². The molecule has 0 unspecified atom stereocenters. The molecule has 2 heterocycles. The predicted molar refractivity (Wildman–Crippen MR) is 157 cm³/mol. The maximum Gasteiger partial charge on any atom is 0.417 e. The van der Waals surface area contributed by atoms with E-state index in [0.29, 0.717) is 17.7 Å². The molecular weight excluding hydrogens is 543 g/mol. The Kier molecular flexibility index (Phi) is 8.22. The number of anilines is 3. The average molecular weight is 576 g/mol. The van der Waals surface area contributed by atoms with Crippen molar-refractivity contribution in [3.05, 3.63) is 114 Å². The first-order chi connectivity index (χ1) is 20.0. The summed E-state index contributed by atoms with van der Waals surface area (Å²) >= 11 is 0. The Balaban J connectivity index is 1.12. The maximum absolute atomic E-state index is 13.1. The largest absolute Gasteiger partial charge is 0.417 e. The summed E-state index contributed by atoms with van der Waals surface area (Å²) in [5, 5.41) is 13.2. The summed E-state index contributed by atoms with van der Waals surface area (Å²) in [5.74, 6) is 0.00204. The molecule has 2 N–H and O–H groups in total. The van der Waals surface area contributed by atoms with Crippen molar-refractivity contribution < 1.29 is 27.9 Å². The second-order valence-electron chi connectivity index (χ2n) is 10.8. The van der Waals surface area contributed by atoms with Gasteiger partial charge in [0.2, 0.25) is 0 Å². The normalized spacial score (nSPS) is 14.9. The van der Waals surface area contributed by atoms with E-state index < -0.39 is 11.8 Å². The van der Waals surface area contributed by atoms with Gasteiger partial charge in [-0.15, -0.1) is 0 Å². The van der Waals surface area contributed by atoms with Crippen LogP contribution in [0.5, 0.6) is 0 Å². The minimum absolute atomic E-state index is 0.0622. The van der Waals surface area contributed by atoms with Crippen LogP contribution >= 0.6 is 0 Å². The molecular formula is C33H32F3N3O3. The van der Waals surface area contributed by atoms with Crippen molar-refractivity contribution in [3.8, 4) is 0 Å². The SMILES string of the molecule is Cn1cccc1C(=O)Cc1ccc(Nc2ccc(CC(=O)c3ccc(N4CCC(O)(C(F)(F)F)CC4)cc3)cc2)cc1. The lowest BCUT2D eigenvalue weighted by Gasteiger charge is -2.40. The summed E-state index contributed by atoms with van der Waals surface area (Å²) < 4.78 is 41.0. The van der Waals surface area contributed by atoms with Gasteiger partial charge < -0.3 is 19.9 Å². The van der Waals surface area contributed by atoms with Crippen LogP contribution in [-0.2, 0) is 19.9 Å². The number of benzene rings is 3. The number of rotatable bonds is 9. The minimum Gasteiger partial charge on any atom is -0.380 e. The van der Waals surface area contributed by atoms with Gasteiger partial charge in [-0.05, 0) is 71.8 Å². The number of aliphatic hydroxyl groups is 1. The molecule has 42 heavy (non-hydrogen) atoms. The number of hydrogen-bond donors (Lipinski definition) is 2. The number of Topliss-reactive ketones (excluding diaryl/α,β-unsaturated/α-hetero) is 2. The number of carbonyl (C=O) groups excluding carboxylic acids is 2.